The zero-order chi connectivity index (χ0) is 8.49. The smallest absolute Gasteiger partial charge is 0.0106 e. The molecule has 0 radical (unpaired) electrons. The summed E-state index contributed by atoms with van der Waals surface area (Å²) in [7, 11) is 0. The highest BCUT2D eigenvalue weighted by molar-refractivity contribution is 5.07. The number of hydrogen-bond donors (Lipinski definition) is 0. The van der Waals surface area contributed by atoms with Gasteiger partial charge >= 0.3 is 37.6 Å². The molecule has 0 bridgehead atoms. The Balaban J connectivity index is 2.57. The average molecular weight is 160 g/mol. The molecule has 0 fully saturated rings. The molecular formula is C8H8N4+4. The zero-order valence-corrected chi connectivity index (χ0v) is 6.62. The molecule has 0 atom stereocenters. The third kappa shape index (κ3) is 3.89. The molecule has 0 aromatic carbocycles. The molecule has 12 heavy (non-hydrogen) atoms. The lowest BCUT2D eigenvalue weighted by atomic mass is 10.5. The molecule has 1 rings (SSSR count). The van der Waals surface area contributed by atoms with E-state index in [1.807, 2.05) is 0 Å². The lowest BCUT2D eigenvalue weighted by Crippen LogP contribution is -1.67. The Morgan fingerprint density at radius 1 is 0.583 bits per heavy atom. The van der Waals surface area contributed by atoms with Crippen LogP contribution in [0.4, 0.5) is 0 Å². The van der Waals surface area contributed by atoms with Crippen LogP contribution < -0.4 is 0 Å². The summed E-state index contributed by atoms with van der Waals surface area (Å²) < 4.78 is 0. The van der Waals surface area contributed by atoms with Gasteiger partial charge in [0.25, 0.3) is 0 Å². The van der Waals surface area contributed by atoms with Gasteiger partial charge in [-0.25, -0.2) is 0 Å². The highest BCUT2D eigenvalue weighted by Gasteiger charge is 2.00. The second-order valence-electron chi connectivity index (χ2n) is 1.90. The van der Waals surface area contributed by atoms with Crippen molar-refractivity contribution in [3.63, 3.8) is 0 Å². The van der Waals surface area contributed by atoms with Gasteiger partial charge in [-0.15, -0.1) is 0 Å². The molecule has 56 valence electrons. The van der Waals surface area contributed by atoms with Crippen molar-refractivity contribution in [1.82, 2.24) is 0 Å². The summed E-state index contributed by atoms with van der Waals surface area (Å²) in [5.41, 5.74) is 0. The van der Waals surface area contributed by atoms with Gasteiger partial charge in [-0.2, -0.15) is 0 Å². The van der Waals surface area contributed by atoms with Gasteiger partial charge in [0.05, 0.1) is 0 Å². The van der Waals surface area contributed by atoms with Gasteiger partial charge in [0.1, 0.15) is 0 Å². The molecule has 0 N–H and O–H groups in total. The van der Waals surface area contributed by atoms with E-state index in [1.165, 1.54) is 0 Å². The molecular weight excluding hydrogens is 152 g/mol. The van der Waals surface area contributed by atoms with Crippen molar-refractivity contribution in [1.29, 1.82) is 0 Å². The van der Waals surface area contributed by atoms with Gasteiger partial charge in [0.2, 0.25) is 12.8 Å². The lowest BCUT2D eigenvalue weighted by molar-refractivity contribution is 1.40. The summed E-state index contributed by atoms with van der Waals surface area (Å²) in [6, 6.07) is 10.9. The van der Waals surface area contributed by atoms with Crippen molar-refractivity contribution in [2.45, 2.75) is 12.8 Å². The molecule has 4 heteroatoms. The second kappa shape index (κ2) is 5.72. The van der Waals surface area contributed by atoms with Crippen molar-refractivity contribution in [2.24, 2.45) is 0 Å². The fourth-order valence-electron chi connectivity index (χ4n) is 0.565. The summed E-state index contributed by atoms with van der Waals surface area (Å²) in [6.07, 6.45) is 0.982. The molecule has 0 amide bonds. The lowest BCUT2D eigenvalue weighted by Gasteiger charge is -1.49. The van der Waals surface area contributed by atoms with Crippen LogP contribution in [0.25, 0.3) is 19.4 Å². The van der Waals surface area contributed by atoms with E-state index in [-0.39, 0.29) is 0 Å². The van der Waals surface area contributed by atoms with Crippen molar-refractivity contribution in [3.8, 4) is 24.3 Å². The molecule has 0 aromatic heterocycles. The Kier molecular flexibility index (Phi) is 3.84. The third-order valence-electron chi connectivity index (χ3n) is 1.05. The summed E-state index contributed by atoms with van der Waals surface area (Å²) in [6.45, 7) is 0.729. The Morgan fingerprint density at radius 3 is 1.25 bits per heavy atom. The van der Waals surface area contributed by atoms with Gasteiger partial charge < -0.3 is 0 Å². The van der Waals surface area contributed by atoms with Crippen LogP contribution in [-0.4, -0.2) is 13.3 Å². The van der Waals surface area contributed by atoms with E-state index in [0.717, 1.165) is 0 Å². The van der Waals surface area contributed by atoms with Crippen molar-refractivity contribution < 1.29 is 0 Å². The number of hydrogen-bond acceptors (Lipinski definition) is 0. The first-order chi connectivity index (χ1) is 6.00. The molecule has 1 heterocycles. The van der Waals surface area contributed by atoms with Crippen molar-refractivity contribution >= 4 is 0 Å². The highest BCUT2D eigenvalue weighted by atomic mass is 14.9. The molecule has 0 spiro atoms. The Labute approximate surface area is 70.7 Å². The maximum absolute atomic E-state index is 3.84. The first kappa shape index (κ1) is 8.06. The van der Waals surface area contributed by atoms with E-state index in [4.69, 9.17) is 0 Å². The Morgan fingerprint density at radius 2 is 0.917 bits per heavy atom. The van der Waals surface area contributed by atoms with E-state index in [1.54, 1.807) is 0 Å². The van der Waals surface area contributed by atoms with Crippen molar-refractivity contribution in [3.05, 3.63) is 19.4 Å². The fraction of sp³-hybridized carbons (Fsp3) is 0.500. The first-order valence-electron chi connectivity index (χ1n) is 3.57. The molecule has 1 aliphatic heterocycles. The second-order valence-corrected chi connectivity index (χ2v) is 1.90. The SMILES string of the molecule is C1#[N+]C[N+]#CCC#[N+]C[N+]#CC1. The summed E-state index contributed by atoms with van der Waals surface area (Å²) in [4.78, 5) is 15.4. The van der Waals surface area contributed by atoms with Gasteiger partial charge in [-0.1, -0.05) is 0 Å². The minimum atomic E-state index is 0.364. The summed E-state index contributed by atoms with van der Waals surface area (Å²) >= 11 is 0. The zero-order valence-electron chi connectivity index (χ0n) is 6.62. The van der Waals surface area contributed by atoms with E-state index < -0.39 is 0 Å². The van der Waals surface area contributed by atoms with E-state index >= 15 is 0 Å². The normalized spacial score (nSPS) is 13.3. The molecule has 0 saturated carbocycles. The van der Waals surface area contributed by atoms with E-state index in [9.17, 15) is 0 Å². The van der Waals surface area contributed by atoms with Gasteiger partial charge in [-0.3, -0.25) is 0 Å². The number of nitrogens with zero attached hydrogens (tertiary/aromatic N) is 4. The van der Waals surface area contributed by atoms with Gasteiger partial charge in [0.15, 0.2) is 0 Å². The Bertz CT molecular complexity index is 276. The van der Waals surface area contributed by atoms with Crippen LogP contribution in [0, 0.1) is 24.3 Å². The average Bonchev–Trinajstić information content (AvgIpc) is 2.05. The highest BCUT2D eigenvalue weighted by Crippen LogP contribution is 1.83. The van der Waals surface area contributed by atoms with E-state index in [0.29, 0.717) is 26.2 Å². The molecule has 0 saturated heterocycles. The van der Waals surface area contributed by atoms with E-state index in [2.05, 4.69) is 43.7 Å². The van der Waals surface area contributed by atoms with Crippen LogP contribution >= 0.6 is 0 Å². The molecule has 4 nitrogen and oxygen atoms in total. The fourth-order valence-corrected chi connectivity index (χ4v) is 0.565. The first-order valence-corrected chi connectivity index (χ1v) is 3.57. The van der Waals surface area contributed by atoms with Crippen LogP contribution in [-0.2, 0) is 0 Å². The van der Waals surface area contributed by atoms with Crippen LogP contribution in [0.5, 0.6) is 0 Å². The standard InChI is InChI=1S/C8H8N4/c1-3-9-7-11-5-2-6-12-8-10-4-1/h1-2,7-8H2/q+4. The molecule has 1 aliphatic rings. The maximum atomic E-state index is 3.84. The Hall–Kier alpha value is -2.04. The van der Waals surface area contributed by atoms with Gasteiger partial charge in [-0.05, 0) is 0 Å². The van der Waals surface area contributed by atoms with Gasteiger partial charge in [0, 0.05) is 19.4 Å². The summed E-state index contributed by atoms with van der Waals surface area (Å²) in [5.74, 6) is 0. The number of rotatable bonds is 0. The quantitative estimate of drug-likeness (QED) is 0.516. The third-order valence-corrected chi connectivity index (χ3v) is 1.05. The predicted octanol–water partition coefficient (Wildman–Crippen LogP) is 2.03. The van der Waals surface area contributed by atoms with Crippen LogP contribution in [0.15, 0.2) is 0 Å². The van der Waals surface area contributed by atoms with Crippen LogP contribution in [0.3, 0.4) is 0 Å². The van der Waals surface area contributed by atoms with Crippen molar-refractivity contribution in [2.75, 3.05) is 13.3 Å². The topological polar surface area (TPSA) is 17.4 Å². The minimum Gasteiger partial charge on any atom is 0.0106 e. The molecule has 0 unspecified atom stereocenters. The monoisotopic (exact) mass is 160 g/mol. The molecule has 0 aromatic rings. The van der Waals surface area contributed by atoms with Crippen LogP contribution in [0.2, 0.25) is 0 Å². The largest absolute Gasteiger partial charge is 0.551 e. The van der Waals surface area contributed by atoms with Crippen LogP contribution in [0.1, 0.15) is 12.8 Å². The maximum Gasteiger partial charge on any atom is 0.551 e. The predicted molar refractivity (Wildman–Crippen MR) is 48.0 cm³/mol. The molecule has 0 aliphatic carbocycles. The minimum absolute atomic E-state index is 0.364. The summed E-state index contributed by atoms with van der Waals surface area (Å²) in [5, 5.41) is 0.